The molecule has 0 atom stereocenters. The van der Waals surface area contributed by atoms with Crippen LogP contribution in [0.3, 0.4) is 0 Å². The first-order valence-electron chi connectivity index (χ1n) is 4.62. The maximum atomic E-state index is 11.4. The van der Waals surface area contributed by atoms with Crippen molar-refractivity contribution in [3.8, 4) is 0 Å². The van der Waals surface area contributed by atoms with Gasteiger partial charge in [0.1, 0.15) is 0 Å². The molecular weight excluding hydrogens is 180 g/mol. The van der Waals surface area contributed by atoms with Crippen molar-refractivity contribution in [2.24, 2.45) is 0 Å². The van der Waals surface area contributed by atoms with E-state index in [0.29, 0.717) is 17.8 Å². The monoisotopic (exact) mass is 194 g/mol. The Hall–Kier alpha value is -1.58. The molecule has 1 aromatic heterocycles. The van der Waals surface area contributed by atoms with E-state index in [1.165, 1.54) is 6.07 Å². The molecule has 1 aromatic rings. The van der Waals surface area contributed by atoms with E-state index in [1.807, 2.05) is 6.92 Å². The van der Waals surface area contributed by atoms with Crippen LogP contribution in [0, 0.1) is 6.92 Å². The quantitative estimate of drug-likeness (QED) is 0.748. The summed E-state index contributed by atoms with van der Waals surface area (Å²) in [5.41, 5.74) is 0.866. The summed E-state index contributed by atoms with van der Waals surface area (Å²) >= 11 is 0. The van der Waals surface area contributed by atoms with Crippen molar-refractivity contribution in [2.75, 3.05) is 6.54 Å². The maximum Gasteiger partial charge on any atom is 0.251 e. The number of H-pyrrole nitrogens is 1. The van der Waals surface area contributed by atoms with Crippen molar-refractivity contribution in [2.45, 2.75) is 20.3 Å². The fraction of sp³-hybridized carbons (Fsp3) is 0.400. The van der Waals surface area contributed by atoms with Gasteiger partial charge in [-0.05, 0) is 19.4 Å². The summed E-state index contributed by atoms with van der Waals surface area (Å²) < 4.78 is 0. The zero-order valence-electron chi connectivity index (χ0n) is 8.39. The number of nitrogens with one attached hydrogen (secondary N) is 2. The summed E-state index contributed by atoms with van der Waals surface area (Å²) in [6.07, 6.45) is 0.883. The molecule has 4 heteroatoms. The molecule has 0 fully saturated rings. The summed E-state index contributed by atoms with van der Waals surface area (Å²) in [7, 11) is 0. The average molecular weight is 194 g/mol. The summed E-state index contributed by atoms with van der Waals surface area (Å²) in [6, 6.07) is 2.96. The highest BCUT2D eigenvalue weighted by atomic mass is 16.2. The minimum absolute atomic E-state index is 0.193. The number of hydrogen-bond donors (Lipinski definition) is 2. The third-order valence-electron chi connectivity index (χ3n) is 1.78. The van der Waals surface area contributed by atoms with Crippen molar-refractivity contribution in [3.63, 3.8) is 0 Å². The van der Waals surface area contributed by atoms with Gasteiger partial charge in [0.2, 0.25) is 5.56 Å². The molecule has 14 heavy (non-hydrogen) atoms. The zero-order valence-corrected chi connectivity index (χ0v) is 8.39. The van der Waals surface area contributed by atoms with Crippen LogP contribution in [0.2, 0.25) is 0 Å². The van der Waals surface area contributed by atoms with E-state index >= 15 is 0 Å². The maximum absolute atomic E-state index is 11.4. The van der Waals surface area contributed by atoms with E-state index in [0.717, 1.165) is 6.42 Å². The first-order valence-corrected chi connectivity index (χ1v) is 4.62. The molecule has 0 saturated carbocycles. The molecule has 0 aliphatic rings. The molecule has 76 valence electrons. The Morgan fingerprint density at radius 3 is 2.79 bits per heavy atom. The molecule has 0 spiro atoms. The Kier molecular flexibility index (Phi) is 3.45. The SMILES string of the molecule is CCCNC(=O)c1cc(C)[nH]c(=O)c1. The number of hydrogen-bond acceptors (Lipinski definition) is 2. The molecule has 1 heterocycles. The Bertz CT molecular complexity index is 382. The van der Waals surface area contributed by atoms with E-state index in [9.17, 15) is 9.59 Å². The van der Waals surface area contributed by atoms with Gasteiger partial charge in [0, 0.05) is 23.9 Å². The summed E-state index contributed by atoms with van der Waals surface area (Å²) in [4.78, 5) is 25.1. The Morgan fingerprint density at radius 2 is 2.21 bits per heavy atom. The van der Waals surface area contributed by atoms with Crippen molar-refractivity contribution in [3.05, 3.63) is 33.7 Å². The molecule has 4 nitrogen and oxygen atoms in total. The number of amides is 1. The first kappa shape index (κ1) is 10.5. The standard InChI is InChI=1S/C10H14N2O2/c1-3-4-11-10(14)8-5-7(2)12-9(13)6-8/h5-6H,3-4H2,1-2H3,(H,11,14)(H,12,13). The van der Waals surface area contributed by atoms with Gasteiger partial charge in [-0.1, -0.05) is 6.92 Å². The molecule has 1 rings (SSSR count). The van der Waals surface area contributed by atoms with Crippen molar-refractivity contribution in [1.82, 2.24) is 10.3 Å². The smallest absolute Gasteiger partial charge is 0.251 e. The fourth-order valence-corrected chi connectivity index (χ4v) is 1.15. The average Bonchev–Trinajstić information content (AvgIpc) is 2.12. The fourth-order valence-electron chi connectivity index (χ4n) is 1.15. The minimum Gasteiger partial charge on any atom is -0.352 e. The highest BCUT2D eigenvalue weighted by Gasteiger charge is 2.05. The number of aromatic nitrogens is 1. The van der Waals surface area contributed by atoms with E-state index in [-0.39, 0.29) is 11.5 Å². The number of rotatable bonds is 3. The minimum atomic E-state index is -0.244. The molecule has 0 saturated heterocycles. The van der Waals surface area contributed by atoms with Crippen LogP contribution in [0.15, 0.2) is 16.9 Å². The molecule has 0 radical (unpaired) electrons. The predicted molar refractivity (Wildman–Crippen MR) is 54.4 cm³/mol. The highest BCUT2D eigenvalue weighted by Crippen LogP contribution is 1.97. The lowest BCUT2D eigenvalue weighted by atomic mass is 10.2. The van der Waals surface area contributed by atoms with Gasteiger partial charge in [0.25, 0.3) is 5.91 Å². The van der Waals surface area contributed by atoms with Gasteiger partial charge >= 0.3 is 0 Å². The lowest BCUT2D eigenvalue weighted by Gasteiger charge is -2.03. The lowest BCUT2D eigenvalue weighted by molar-refractivity contribution is 0.0953. The Labute approximate surface area is 82.3 Å². The van der Waals surface area contributed by atoms with Gasteiger partial charge in [-0.25, -0.2) is 0 Å². The lowest BCUT2D eigenvalue weighted by Crippen LogP contribution is -2.25. The summed E-state index contributed by atoms with van der Waals surface area (Å²) in [5.74, 6) is -0.193. The van der Waals surface area contributed by atoms with Crippen molar-refractivity contribution >= 4 is 5.91 Å². The van der Waals surface area contributed by atoms with Gasteiger partial charge in [0.15, 0.2) is 0 Å². The third-order valence-corrected chi connectivity index (χ3v) is 1.78. The van der Waals surface area contributed by atoms with E-state index < -0.39 is 0 Å². The number of pyridine rings is 1. The van der Waals surface area contributed by atoms with Crippen molar-refractivity contribution < 1.29 is 4.79 Å². The van der Waals surface area contributed by atoms with E-state index in [2.05, 4.69) is 10.3 Å². The van der Waals surface area contributed by atoms with Crippen LogP contribution in [0.25, 0.3) is 0 Å². The molecular formula is C10H14N2O2. The van der Waals surface area contributed by atoms with Crippen LogP contribution in [-0.4, -0.2) is 17.4 Å². The first-order chi connectivity index (χ1) is 6.63. The van der Waals surface area contributed by atoms with Gasteiger partial charge < -0.3 is 10.3 Å². The van der Waals surface area contributed by atoms with Gasteiger partial charge in [-0.15, -0.1) is 0 Å². The van der Waals surface area contributed by atoms with Crippen LogP contribution in [0.5, 0.6) is 0 Å². The Balaban J connectivity index is 2.84. The number of aryl methyl sites for hydroxylation is 1. The largest absolute Gasteiger partial charge is 0.352 e. The molecule has 0 bridgehead atoms. The molecule has 0 aliphatic heterocycles. The van der Waals surface area contributed by atoms with Crippen LogP contribution in [0.4, 0.5) is 0 Å². The van der Waals surface area contributed by atoms with Gasteiger partial charge in [-0.3, -0.25) is 9.59 Å². The van der Waals surface area contributed by atoms with Gasteiger partial charge in [-0.2, -0.15) is 0 Å². The number of aromatic amines is 1. The topological polar surface area (TPSA) is 62.0 Å². The molecule has 1 amide bonds. The molecule has 0 unspecified atom stereocenters. The second-order valence-corrected chi connectivity index (χ2v) is 3.17. The van der Waals surface area contributed by atoms with E-state index in [4.69, 9.17) is 0 Å². The van der Waals surface area contributed by atoms with Crippen LogP contribution >= 0.6 is 0 Å². The van der Waals surface area contributed by atoms with Gasteiger partial charge in [0.05, 0.1) is 0 Å². The second-order valence-electron chi connectivity index (χ2n) is 3.17. The van der Waals surface area contributed by atoms with Crippen LogP contribution in [0.1, 0.15) is 29.4 Å². The second kappa shape index (κ2) is 4.60. The predicted octanol–water partition coefficient (Wildman–Crippen LogP) is 0.823. The molecule has 0 aromatic carbocycles. The Morgan fingerprint density at radius 1 is 1.50 bits per heavy atom. The molecule has 2 N–H and O–H groups in total. The normalized spacial score (nSPS) is 9.86. The molecule has 0 aliphatic carbocycles. The summed E-state index contributed by atoms with van der Waals surface area (Å²) in [6.45, 7) is 4.35. The van der Waals surface area contributed by atoms with Crippen LogP contribution in [-0.2, 0) is 0 Å². The highest BCUT2D eigenvalue weighted by molar-refractivity contribution is 5.94. The zero-order chi connectivity index (χ0) is 10.6. The summed E-state index contributed by atoms with van der Waals surface area (Å²) in [5, 5.41) is 2.71. The number of carbonyl (C=O) groups excluding carboxylic acids is 1. The number of carbonyl (C=O) groups is 1. The van der Waals surface area contributed by atoms with E-state index in [1.54, 1.807) is 13.0 Å². The third kappa shape index (κ3) is 2.73. The van der Waals surface area contributed by atoms with Crippen LogP contribution < -0.4 is 10.9 Å². The van der Waals surface area contributed by atoms with Crippen molar-refractivity contribution in [1.29, 1.82) is 0 Å².